The van der Waals surface area contributed by atoms with Gasteiger partial charge in [0.2, 0.25) is 5.91 Å². The number of carbonyl (C=O) groups is 3. The highest BCUT2D eigenvalue weighted by atomic mass is 32.1. The number of thiophene rings is 1. The van der Waals surface area contributed by atoms with Crippen molar-refractivity contribution in [3.63, 3.8) is 0 Å². The van der Waals surface area contributed by atoms with Gasteiger partial charge in [0, 0.05) is 26.1 Å². The Hall–Kier alpha value is -3.47. The zero-order chi connectivity index (χ0) is 34.9. The highest BCUT2D eigenvalue weighted by Gasteiger charge is 2.27. The number of amides is 1. The minimum atomic E-state index is -0.599. The molecule has 0 saturated carbocycles. The average molecular weight is 673 g/mol. The molecule has 0 aliphatic heterocycles. The number of azo groups is 1. The Bertz CT molecular complexity index is 1320. The van der Waals surface area contributed by atoms with E-state index in [1.54, 1.807) is 33.9 Å². The molecule has 0 aliphatic rings. The second-order valence-electron chi connectivity index (χ2n) is 11.8. The van der Waals surface area contributed by atoms with Crippen LogP contribution >= 0.6 is 11.3 Å². The third-order valence-electron chi connectivity index (χ3n) is 8.31. The normalized spacial score (nSPS) is 12.5. The van der Waals surface area contributed by atoms with E-state index in [4.69, 9.17) is 14.2 Å². The number of nitrogens with one attached hydrogen (secondary N) is 1. The molecular formula is C36H56N4O6S. The number of methoxy groups -OCH3 is 1. The second kappa shape index (κ2) is 20.7. The number of rotatable bonds is 21. The Morgan fingerprint density at radius 3 is 1.94 bits per heavy atom. The van der Waals surface area contributed by atoms with Crippen molar-refractivity contribution >= 4 is 51.2 Å². The molecule has 11 heteroatoms. The van der Waals surface area contributed by atoms with E-state index in [1.165, 1.54) is 19.8 Å². The molecule has 2 rings (SSSR count). The molecule has 2 aromatic rings. The molecule has 1 N–H and O–H groups in total. The van der Waals surface area contributed by atoms with Gasteiger partial charge in [0.25, 0.3) is 0 Å². The molecule has 2 unspecified atom stereocenters. The molecule has 0 fully saturated rings. The smallest absolute Gasteiger partial charge is 0.348 e. The molecule has 1 amide bonds. The van der Waals surface area contributed by atoms with Crippen LogP contribution in [0.4, 0.5) is 22.1 Å². The van der Waals surface area contributed by atoms with Crippen LogP contribution in [0.1, 0.15) is 125 Å². The summed E-state index contributed by atoms with van der Waals surface area (Å²) in [6.07, 6.45) is 9.13. The van der Waals surface area contributed by atoms with Crippen molar-refractivity contribution in [2.24, 2.45) is 22.1 Å². The lowest BCUT2D eigenvalue weighted by Gasteiger charge is -2.34. The summed E-state index contributed by atoms with van der Waals surface area (Å²) in [5, 5.41) is 12.1. The highest BCUT2D eigenvalue weighted by molar-refractivity contribution is 7.18. The zero-order valence-corrected chi connectivity index (χ0v) is 30.8. The fraction of sp³-hybridized carbons (Fsp3) is 0.639. The summed E-state index contributed by atoms with van der Waals surface area (Å²) in [6, 6.07) is 3.69. The largest absolute Gasteiger partial charge is 0.494 e. The van der Waals surface area contributed by atoms with Crippen LogP contribution in [0, 0.1) is 18.8 Å². The van der Waals surface area contributed by atoms with Gasteiger partial charge in [-0.2, -0.15) is 0 Å². The zero-order valence-electron chi connectivity index (χ0n) is 30.0. The van der Waals surface area contributed by atoms with Crippen molar-refractivity contribution in [1.82, 2.24) is 0 Å². The first kappa shape index (κ1) is 39.7. The third-order valence-corrected chi connectivity index (χ3v) is 9.47. The van der Waals surface area contributed by atoms with Crippen LogP contribution in [-0.2, 0) is 14.3 Å². The van der Waals surface area contributed by atoms with Crippen molar-refractivity contribution in [3.8, 4) is 5.75 Å². The quantitative estimate of drug-likeness (QED) is 0.104. The van der Waals surface area contributed by atoms with Gasteiger partial charge in [-0.05, 0) is 57.1 Å². The number of nitrogens with zero attached hydrogens (tertiary/aromatic N) is 3. The average Bonchev–Trinajstić information content (AvgIpc) is 3.39. The van der Waals surface area contributed by atoms with Gasteiger partial charge in [-0.1, -0.05) is 66.2 Å². The minimum Gasteiger partial charge on any atom is -0.494 e. The molecule has 1 aromatic carbocycles. The monoisotopic (exact) mass is 672 g/mol. The van der Waals surface area contributed by atoms with Crippen molar-refractivity contribution in [2.45, 2.75) is 107 Å². The summed E-state index contributed by atoms with van der Waals surface area (Å²) in [6.45, 7) is 17.6. The summed E-state index contributed by atoms with van der Waals surface area (Å²) in [5.41, 5.74) is 2.31. The SMILES string of the molecule is CCCCC(CC)CN(CC(CC)CCCC)c1cc(NC(C)=O)c(/N=N/c2sc(C(=O)OCC)c(C)c2C(=O)OCC)cc1OC. The topological polar surface area (TPSA) is 119 Å². The minimum absolute atomic E-state index is 0.162. The van der Waals surface area contributed by atoms with Gasteiger partial charge in [-0.3, -0.25) is 4.79 Å². The number of anilines is 2. The lowest BCUT2D eigenvalue weighted by Crippen LogP contribution is -2.34. The Balaban J connectivity index is 2.71. The van der Waals surface area contributed by atoms with E-state index >= 15 is 0 Å². The van der Waals surface area contributed by atoms with Gasteiger partial charge in [-0.15, -0.1) is 21.6 Å². The van der Waals surface area contributed by atoms with E-state index in [-0.39, 0.29) is 34.6 Å². The number of hydrogen-bond acceptors (Lipinski definition) is 10. The van der Waals surface area contributed by atoms with Crippen LogP contribution in [-0.4, -0.2) is 51.3 Å². The van der Waals surface area contributed by atoms with Gasteiger partial charge >= 0.3 is 11.9 Å². The molecule has 0 radical (unpaired) electrons. The van der Waals surface area contributed by atoms with E-state index in [1.807, 2.05) is 6.07 Å². The number of hydrogen-bond donors (Lipinski definition) is 1. The van der Waals surface area contributed by atoms with Crippen LogP contribution in [0.3, 0.4) is 0 Å². The standard InChI is InChI=1S/C36H56N4O6S/c1-10-16-18-26(12-3)22-40(23-27(13-4)19-17-11-2)30-20-28(37-25(8)41)29(21-31(30)44-9)38-39-34-32(35(42)45-14-5)24(7)33(47-34)36(43)46-15-6/h20-21,26-27H,10-19,22-23H2,1-9H3,(H,37,41)/b39-38+. The maximum atomic E-state index is 12.9. The van der Waals surface area contributed by atoms with Crippen LogP contribution in [0.25, 0.3) is 0 Å². The van der Waals surface area contributed by atoms with Crippen LogP contribution in [0.2, 0.25) is 0 Å². The first-order valence-electron chi connectivity index (χ1n) is 17.2. The van der Waals surface area contributed by atoms with E-state index in [2.05, 4.69) is 48.1 Å². The first-order chi connectivity index (χ1) is 22.6. The molecule has 1 aromatic heterocycles. The summed E-state index contributed by atoms with van der Waals surface area (Å²) in [5.74, 6) is 0.257. The number of unbranched alkanes of at least 4 members (excludes halogenated alkanes) is 2. The predicted octanol–water partition coefficient (Wildman–Crippen LogP) is 10.0. The first-order valence-corrected chi connectivity index (χ1v) is 18.0. The summed E-state index contributed by atoms with van der Waals surface area (Å²) < 4.78 is 16.4. The molecule has 10 nitrogen and oxygen atoms in total. The van der Waals surface area contributed by atoms with E-state index < -0.39 is 11.9 Å². The second-order valence-corrected chi connectivity index (χ2v) is 12.8. The molecule has 0 spiro atoms. The molecule has 0 bridgehead atoms. The number of esters is 2. The Morgan fingerprint density at radius 1 is 0.872 bits per heavy atom. The lowest BCUT2D eigenvalue weighted by atomic mass is 9.95. The van der Waals surface area contributed by atoms with Gasteiger partial charge in [-0.25, -0.2) is 9.59 Å². The van der Waals surface area contributed by atoms with E-state index in [0.717, 1.165) is 68.6 Å². The maximum Gasteiger partial charge on any atom is 0.348 e. The highest BCUT2D eigenvalue weighted by Crippen LogP contribution is 2.42. The molecule has 47 heavy (non-hydrogen) atoms. The molecule has 0 saturated heterocycles. The lowest BCUT2D eigenvalue weighted by molar-refractivity contribution is -0.114. The van der Waals surface area contributed by atoms with Gasteiger partial charge < -0.3 is 24.4 Å². The third kappa shape index (κ3) is 11.6. The van der Waals surface area contributed by atoms with Gasteiger partial charge in [0.15, 0.2) is 5.00 Å². The van der Waals surface area contributed by atoms with Crippen LogP contribution in [0.5, 0.6) is 5.75 Å². The van der Waals surface area contributed by atoms with Crippen molar-refractivity contribution in [1.29, 1.82) is 0 Å². The molecule has 1 heterocycles. The van der Waals surface area contributed by atoms with Crippen molar-refractivity contribution < 1.29 is 28.6 Å². The van der Waals surface area contributed by atoms with Crippen LogP contribution in [0.15, 0.2) is 22.4 Å². The van der Waals surface area contributed by atoms with E-state index in [0.29, 0.717) is 34.5 Å². The number of carbonyl (C=O) groups excluding carboxylic acids is 3. The van der Waals surface area contributed by atoms with Gasteiger partial charge in [0.05, 0.1) is 31.7 Å². The fourth-order valence-electron chi connectivity index (χ4n) is 5.57. The van der Waals surface area contributed by atoms with Crippen molar-refractivity contribution in [2.75, 3.05) is 43.6 Å². The fourth-order valence-corrected chi connectivity index (χ4v) is 6.58. The Kier molecular flexibility index (Phi) is 17.5. The number of ether oxygens (including phenoxy) is 3. The van der Waals surface area contributed by atoms with Crippen molar-refractivity contribution in [3.05, 3.63) is 28.1 Å². The summed E-state index contributed by atoms with van der Waals surface area (Å²) >= 11 is 1.01. The summed E-state index contributed by atoms with van der Waals surface area (Å²) in [7, 11) is 1.63. The van der Waals surface area contributed by atoms with E-state index in [9.17, 15) is 14.4 Å². The molecular weight excluding hydrogens is 616 g/mol. The summed E-state index contributed by atoms with van der Waals surface area (Å²) in [4.78, 5) is 40.7. The molecule has 262 valence electrons. The predicted molar refractivity (Wildman–Crippen MR) is 191 cm³/mol. The van der Waals surface area contributed by atoms with Crippen LogP contribution < -0.4 is 15.0 Å². The molecule has 2 atom stereocenters. The maximum absolute atomic E-state index is 12.9. The number of benzene rings is 1. The Labute approximate surface area is 285 Å². The van der Waals surface area contributed by atoms with Gasteiger partial charge in [0.1, 0.15) is 21.9 Å². The molecule has 0 aliphatic carbocycles. The Morgan fingerprint density at radius 2 is 1.45 bits per heavy atom.